The minimum absolute atomic E-state index is 0.134. The number of rotatable bonds is 7. The highest BCUT2D eigenvalue weighted by atomic mass is 32.1. The Hall–Kier alpha value is -2.29. The summed E-state index contributed by atoms with van der Waals surface area (Å²) in [6.07, 6.45) is 3.10. The summed E-state index contributed by atoms with van der Waals surface area (Å²) >= 11 is 2.98. The average molecular weight is 429 g/mol. The van der Waals surface area contributed by atoms with Crippen LogP contribution in [0, 0.1) is 0 Å². The zero-order chi connectivity index (χ0) is 20.1. The van der Waals surface area contributed by atoms with Gasteiger partial charge in [0.25, 0.3) is 5.91 Å². The Labute approximate surface area is 178 Å². The highest BCUT2D eigenvalue weighted by molar-refractivity contribution is 7.19. The van der Waals surface area contributed by atoms with Crippen molar-refractivity contribution in [3.63, 3.8) is 0 Å². The van der Waals surface area contributed by atoms with Crippen molar-refractivity contribution in [2.45, 2.75) is 26.2 Å². The lowest BCUT2D eigenvalue weighted by Gasteiger charge is -2.28. The fraction of sp³-hybridized carbons (Fsp3) is 0.381. The number of unbranched alkanes of at least 4 members (excludes halogenated alkanes) is 1. The fourth-order valence-electron chi connectivity index (χ4n) is 3.21. The number of hydrogen-bond donors (Lipinski definition) is 1. The van der Waals surface area contributed by atoms with E-state index in [0.29, 0.717) is 23.2 Å². The van der Waals surface area contributed by atoms with E-state index >= 15 is 0 Å². The summed E-state index contributed by atoms with van der Waals surface area (Å²) in [7, 11) is 0. The zero-order valence-corrected chi connectivity index (χ0v) is 18.0. The van der Waals surface area contributed by atoms with Crippen LogP contribution in [0.2, 0.25) is 0 Å². The molecular formula is C21H24N4O2S2. The van der Waals surface area contributed by atoms with Gasteiger partial charge in [-0.05, 0) is 18.1 Å². The van der Waals surface area contributed by atoms with Crippen molar-refractivity contribution < 1.29 is 9.53 Å². The van der Waals surface area contributed by atoms with Crippen molar-refractivity contribution in [1.29, 1.82) is 0 Å². The molecule has 2 aromatic heterocycles. The van der Waals surface area contributed by atoms with Crippen LogP contribution in [0.4, 0.5) is 10.1 Å². The summed E-state index contributed by atoms with van der Waals surface area (Å²) in [5, 5.41) is 13.9. The summed E-state index contributed by atoms with van der Waals surface area (Å²) in [5.41, 5.74) is 2.20. The number of nitrogens with one attached hydrogen (secondary N) is 1. The van der Waals surface area contributed by atoms with E-state index in [9.17, 15) is 4.79 Å². The number of ether oxygens (including phenoxy) is 1. The molecule has 1 amide bonds. The molecule has 0 atom stereocenters. The van der Waals surface area contributed by atoms with E-state index < -0.39 is 0 Å². The number of nitrogens with zero attached hydrogens (tertiary/aromatic N) is 3. The van der Waals surface area contributed by atoms with E-state index in [1.54, 1.807) is 0 Å². The zero-order valence-electron chi connectivity index (χ0n) is 16.4. The normalized spacial score (nSPS) is 14.2. The molecular weight excluding hydrogens is 404 g/mol. The maximum Gasteiger partial charge on any atom is 0.267 e. The van der Waals surface area contributed by atoms with Gasteiger partial charge in [0.05, 0.1) is 23.1 Å². The largest absolute Gasteiger partial charge is 0.378 e. The Balaban J connectivity index is 1.57. The van der Waals surface area contributed by atoms with Crippen LogP contribution in [0.1, 0.15) is 34.4 Å². The molecule has 0 radical (unpaired) electrons. The summed E-state index contributed by atoms with van der Waals surface area (Å²) in [4.78, 5) is 15.9. The third-order valence-corrected chi connectivity index (χ3v) is 6.84. The number of anilines is 2. The van der Waals surface area contributed by atoms with Gasteiger partial charge in [-0.2, -0.15) is 0 Å². The van der Waals surface area contributed by atoms with Gasteiger partial charge in [-0.25, -0.2) is 0 Å². The van der Waals surface area contributed by atoms with Gasteiger partial charge in [-0.15, -0.1) is 21.5 Å². The molecule has 6 nitrogen and oxygen atoms in total. The molecule has 3 heterocycles. The van der Waals surface area contributed by atoms with Gasteiger partial charge in [0, 0.05) is 25.1 Å². The lowest BCUT2D eigenvalue weighted by Crippen LogP contribution is -2.35. The van der Waals surface area contributed by atoms with Gasteiger partial charge in [-0.3, -0.25) is 10.1 Å². The summed E-state index contributed by atoms with van der Waals surface area (Å²) in [5.74, 6) is -0.134. The minimum Gasteiger partial charge on any atom is -0.378 e. The number of aromatic nitrogens is 2. The molecule has 1 aromatic carbocycles. The highest BCUT2D eigenvalue weighted by Crippen LogP contribution is 2.39. The highest BCUT2D eigenvalue weighted by Gasteiger charge is 2.22. The maximum atomic E-state index is 12.9. The van der Waals surface area contributed by atoms with Crippen LogP contribution in [-0.4, -0.2) is 42.4 Å². The number of morpholine rings is 1. The molecule has 3 aromatic rings. The minimum atomic E-state index is -0.134. The fourth-order valence-corrected chi connectivity index (χ4v) is 5.11. The first-order chi connectivity index (χ1) is 14.2. The molecule has 4 rings (SSSR count). The van der Waals surface area contributed by atoms with Crippen LogP contribution in [-0.2, 0) is 11.2 Å². The van der Waals surface area contributed by atoms with Crippen LogP contribution in [0.25, 0.3) is 11.1 Å². The summed E-state index contributed by atoms with van der Waals surface area (Å²) in [6, 6.07) is 12.2. The Morgan fingerprint density at radius 1 is 1.17 bits per heavy atom. The van der Waals surface area contributed by atoms with Crippen LogP contribution in [0.15, 0.2) is 36.4 Å². The Morgan fingerprint density at radius 2 is 1.97 bits per heavy atom. The van der Waals surface area contributed by atoms with Crippen LogP contribution >= 0.6 is 22.7 Å². The van der Waals surface area contributed by atoms with Crippen LogP contribution < -0.4 is 10.2 Å². The second-order valence-electron chi connectivity index (χ2n) is 6.85. The average Bonchev–Trinajstić information content (AvgIpc) is 3.41. The third kappa shape index (κ3) is 4.83. The van der Waals surface area contributed by atoms with E-state index in [4.69, 9.17) is 4.74 Å². The van der Waals surface area contributed by atoms with Crippen molar-refractivity contribution in [2.24, 2.45) is 0 Å². The summed E-state index contributed by atoms with van der Waals surface area (Å²) < 4.78 is 5.50. The van der Waals surface area contributed by atoms with E-state index in [1.807, 2.05) is 24.3 Å². The molecule has 0 bridgehead atoms. The molecule has 1 N–H and O–H groups in total. The molecule has 0 spiro atoms. The van der Waals surface area contributed by atoms with Gasteiger partial charge < -0.3 is 9.64 Å². The number of carbonyl (C=O) groups excluding carboxylic acids is 1. The predicted molar refractivity (Wildman–Crippen MR) is 119 cm³/mol. The van der Waals surface area contributed by atoms with Crippen LogP contribution in [0.5, 0.6) is 0 Å². The SMILES string of the molecule is CCCCc1nnc(NC(=O)c2cc(-c3ccccc3)c(N3CCOCC3)s2)s1. The molecule has 1 aliphatic heterocycles. The first-order valence-corrected chi connectivity index (χ1v) is 11.5. The quantitative estimate of drug-likeness (QED) is 0.591. The van der Waals surface area contributed by atoms with E-state index in [1.165, 1.54) is 22.7 Å². The Bertz CT molecular complexity index is 949. The number of amides is 1. The molecule has 0 saturated carbocycles. The number of thiophene rings is 1. The number of carbonyl (C=O) groups is 1. The number of hydrogen-bond acceptors (Lipinski definition) is 7. The standard InChI is InChI=1S/C21H24N4O2S2/c1-2-3-9-18-23-24-21(29-18)22-19(26)17-14-16(15-7-5-4-6-8-15)20(28-17)25-10-12-27-13-11-25/h4-8,14H,2-3,9-13H2,1H3,(H,22,24,26). The van der Waals surface area contributed by atoms with Crippen molar-refractivity contribution in [3.8, 4) is 11.1 Å². The van der Waals surface area contributed by atoms with Gasteiger partial charge in [0.2, 0.25) is 5.13 Å². The molecule has 1 fully saturated rings. The predicted octanol–water partition coefficient (Wildman–Crippen LogP) is 4.70. The maximum absolute atomic E-state index is 12.9. The molecule has 1 saturated heterocycles. The van der Waals surface area contributed by atoms with Gasteiger partial charge in [-0.1, -0.05) is 55.0 Å². The monoisotopic (exact) mass is 428 g/mol. The lowest BCUT2D eigenvalue weighted by molar-refractivity contribution is 0.103. The van der Waals surface area contributed by atoms with Gasteiger partial charge in [0.15, 0.2) is 0 Å². The Kier molecular flexibility index (Phi) is 6.53. The first kappa shape index (κ1) is 20.0. The molecule has 0 unspecified atom stereocenters. The third-order valence-electron chi connectivity index (χ3n) is 4.75. The lowest BCUT2D eigenvalue weighted by atomic mass is 10.1. The van der Waals surface area contributed by atoms with Gasteiger partial charge >= 0.3 is 0 Å². The molecule has 152 valence electrons. The molecule has 29 heavy (non-hydrogen) atoms. The van der Waals surface area contributed by atoms with Crippen molar-refractivity contribution >= 4 is 38.7 Å². The van der Waals surface area contributed by atoms with Crippen molar-refractivity contribution in [1.82, 2.24) is 10.2 Å². The van der Waals surface area contributed by atoms with E-state index in [0.717, 1.165) is 53.5 Å². The van der Waals surface area contributed by atoms with Crippen LogP contribution in [0.3, 0.4) is 0 Å². The first-order valence-electron chi connectivity index (χ1n) is 9.90. The summed E-state index contributed by atoms with van der Waals surface area (Å²) in [6.45, 7) is 5.23. The molecule has 0 aliphatic carbocycles. The Morgan fingerprint density at radius 3 is 2.72 bits per heavy atom. The molecule has 8 heteroatoms. The van der Waals surface area contributed by atoms with E-state index in [-0.39, 0.29) is 5.91 Å². The van der Waals surface area contributed by atoms with Crippen molar-refractivity contribution in [2.75, 3.05) is 36.5 Å². The van der Waals surface area contributed by atoms with Crippen molar-refractivity contribution in [3.05, 3.63) is 46.3 Å². The topological polar surface area (TPSA) is 67.4 Å². The smallest absolute Gasteiger partial charge is 0.267 e. The number of aryl methyl sites for hydroxylation is 1. The van der Waals surface area contributed by atoms with Gasteiger partial charge in [0.1, 0.15) is 5.01 Å². The molecule has 1 aliphatic rings. The second-order valence-corrected chi connectivity index (χ2v) is 8.95. The second kappa shape index (κ2) is 9.47. The number of benzene rings is 1. The van der Waals surface area contributed by atoms with E-state index in [2.05, 4.69) is 39.5 Å².